The number of nitrogens with one attached hydrogen (secondary N) is 1. The van der Waals surface area contributed by atoms with Gasteiger partial charge in [-0.3, -0.25) is 4.79 Å². The molecular weight excluding hydrogens is 269 g/mol. The van der Waals surface area contributed by atoms with Crippen molar-refractivity contribution >= 4 is 5.91 Å². The van der Waals surface area contributed by atoms with Crippen molar-refractivity contribution in [1.82, 2.24) is 5.32 Å². The standard InChI is InChI=1S/C17H24FNO2/c1-10(2)15(20)9-16(21)19-17-11(3)7-8-12-13(17)5-4-6-14(12)18/h4-6,10-11,15,17,20H,7-9H2,1-3H3,(H,19,21). The summed E-state index contributed by atoms with van der Waals surface area (Å²) >= 11 is 0. The van der Waals surface area contributed by atoms with Gasteiger partial charge in [-0.15, -0.1) is 0 Å². The van der Waals surface area contributed by atoms with Gasteiger partial charge in [0, 0.05) is 0 Å². The van der Waals surface area contributed by atoms with E-state index < -0.39 is 6.10 Å². The molecule has 2 N–H and O–H groups in total. The number of rotatable bonds is 4. The predicted octanol–water partition coefficient (Wildman–Crippen LogP) is 2.97. The second kappa shape index (κ2) is 6.56. The highest BCUT2D eigenvalue weighted by Crippen LogP contribution is 2.35. The second-order valence-electron chi connectivity index (χ2n) is 6.38. The van der Waals surface area contributed by atoms with Crippen molar-refractivity contribution < 1.29 is 14.3 Å². The van der Waals surface area contributed by atoms with Crippen LogP contribution in [0.4, 0.5) is 4.39 Å². The quantitative estimate of drug-likeness (QED) is 0.896. The molecule has 1 aliphatic rings. The molecule has 116 valence electrons. The van der Waals surface area contributed by atoms with E-state index in [1.165, 1.54) is 6.07 Å². The molecule has 0 bridgehead atoms. The number of benzene rings is 1. The molecule has 3 nitrogen and oxygen atoms in total. The van der Waals surface area contributed by atoms with Gasteiger partial charge < -0.3 is 10.4 Å². The Morgan fingerprint density at radius 1 is 1.48 bits per heavy atom. The van der Waals surface area contributed by atoms with Crippen molar-refractivity contribution in [2.45, 2.75) is 52.2 Å². The first-order valence-corrected chi connectivity index (χ1v) is 7.64. The molecule has 1 aromatic rings. The summed E-state index contributed by atoms with van der Waals surface area (Å²) in [5.41, 5.74) is 1.59. The fourth-order valence-electron chi connectivity index (χ4n) is 2.85. The summed E-state index contributed by atoms with van der Waals surface area (Å²) in [6.07, 6.45) is 1.01. The maximum absolute atomic E-state index is 13.9. The summed E-state index contributed by atoms with van der Waals surface area (Å²) in [6, 6.07) is 4.87. The molecule has 21 heavy (non-hydrogen) atoms. The van der Waals surface area contributed by atoms with E-state index in [4.69, 9.17) is 0 Å². The molecule has 0 spiro atoms. The number of aliphatic hydroxyl groups is 1. The predicted molar refractivity (Wildman–Crippen MR) is 80.2 cm³/mol. The highest BCUT2D eigenvalue weighted by molar-refractivity contribution is 5.77. The SMILES string of the molecule is CC(C)C(O)CC(=O)NC1c2cccc(F)c2CCC1C. The van der Waals surface area contributed by atoms with Crippen LogP contribution < -0.4 is 5.32 Å². The molecule has 1 amide bonds. The van der Waals surface area contributed by atoms with Crippen LogP contribution in [0.5, 0.6) is 0 Å². The van der Waals surface area contributed by atoms with Crippen molar-refractivity contribution in [3.05, 3.63) is 35.1 Å². The van der Waals surface area contributed by atoms with Crippen LogP contribution in [0.1, 0.15) is 50.8 Å². The van der Waals surface area contributed by atoms with Gasteiger partial charge in [-0.2, -0.15) is 0 Å². The highest BCUT2D eigenvalue weighted by atomic mass is 19.1. The molecule has 0 aliphatic heterocycles. The summed E-state index contributed by atoms with van der Waals surface area (Å²) in [4.78, 5) is 12.1. The van der Waals surface area contributed by atoms with E-state index >= 15 is 0 Å². The lowest BCUT2D eigenvalue weighted by Gasteiger charge is -2.32. The van der Waals surface area contributed by atoms with Gasteiger partial charge in [-0.05, 0) is 41.9 Å². The topological polar surface area (TPSA) is 49.3 Å². The number of carbonyl (C=O) groups excluding carboxylic acids is 1. The number of aliphatic hydroxyl groups excluding tert-OH is 1. The van der Waals surface area contributed by atoms with Crippen molar-refractivity contribution in [2.75, 3.05) is 0 Å². The van der Waals surface area contributed by atoms with Crippen molar-refractivity contribution in [3.8, 4) is 0 Å². The first kappa shape index (κ1) is 16.0. The van der Waals surface area contributed by atoms with E-state index in [1.54, 1.807) is 6.07 Å². The van der Waals surface area contributed by atoms with Crippen LogP contribution in [-0.4, -0.2) is 17.1 Å². The zero-order valence-electron chi connectivity index (χ0n) is 12.9. The van der Waals surface area contributed by atoms with Crippen LogP contribution >= 0.6 is 0 Å². The van der Waals surface area contributed by atoms with E-state index in [9.17, 15) is 14.3 Å². The van der Waals surface area contributed by atoms with Gasteiger partial charge >= 0.3 is 0 Å². The largest absolute Gasteiger partial charge is 0.392 e. The normalized spacial score (nSPS) is 22.8. The fraction of sp³-hybridized carbons (Fsp3) is 0.588. The minimum atomic E-state index is -0.643. The first-order chi connectivity index (χ1) is 9.90. The van der Waals surface area contributed by atoms with E-state index in [-0.39, 0.29) is 36.0 Å². The molecule has 0 saturated carbocycles. The van der Waals surface area contributed by atoms with Crippen LogP contribution in [0.15, 0.2) is 18.2 Å². The van der Waals surface area contributed by atoms with Crippen molar-refractivity contribution in [3.63, 3.8) is 0 Å². The van der Waals surface area contributed by atoms with Gasteiger partial charge in [0.2, 0.25) is 5.91 Å². The Labute approximate surface area is 125 Å². The number of fused-ring (bicyclic) bond motifs is 1. The van der Waals surface area contributed by atoms with E-state index in [1.807, 2.05) is 19.9 Å². The molecule has 0 aromatic heterocycles. The van der Waals surface area contributed by atoms with Crippen LogP contribution in [0.3, 0.4) is 0 Å². The fourth-order valence-corrected chi connectivity index (χ4v) is 2.85. The van der Waals surface area contributed by atoms with Crippen LogP contribution in [0.2, 0.25) is 0 Å². The third-order valence-electron chi connectivity index (χ3n) is 4.39. The summed E-state index contributed by atoms with van der Waals surface area (Å²) in [5, 5.41) is 12.8. The zero-order chi connectivity index (χ0) is 15.6. The van der Waals surface area contributed by atoms with Crippen LogP contribution in [-0.2, 0) is 11.2 Å². The third-order valence-corrected chi connectivity index (χ3v) is 4.39. The lowest BCUT2D eigenvalue weighted by molar-refractivity contribution is -0.124. The number of carbonyl (C=O) groups is 1. The molecule has 3 atom stereocenters. The molecule has 0 radical (unpaired) electrons. The Hall–Kier alpha value is -1.42. The average molecular weight is 293 g/mol. The van der Waals surface area contributed by atoms with Crippen molar-refractivity contribution in [2.24, 2.45) is 11.8 Å². The molecule has 4 heteroatoms. The maximum Gasteiger partial charge on any atom is 0.223 e. The molecule has 2 rings (SSSR count). The minimum absolute atomic E-state index is 0.0456. The molecule has 0 saturated heterocycles. The Morgan fingerprint density at radius 3 is 2.86 bits per heavy atom. The minimum Gasteiger partial charge on any atom is -0.392 e. The maximum atomic E-state index is 13.9. The first-order valence-electron chi connectivity index (χ1n) is 7.64. The summed E-state index contributed by atoms with van der Waals surface area (Å²) in [7, 11) is 0. The Kier molecular flexibility index (Phi) is 4.99. The van der Waals surface area contributed by atoms with E-state index in [0.29, 0.717) is 12.0 Å². The number of amides is 1. The van der Waals surface area contributed by atoms with E-state index in [0.717, 1.165) is 12.0 Å². The third kappa shape index (κ3) is 3.62. The lowest BCUT2D eigenvalue weighted by atomic mass is 9.80. The molecule has 0 heterocycles. The molecule has 1 aromatic carbocycles. The van der Waals surface area contributed by atoms with Gasteiger partial charge in [-0.1, -0.05) is 32.9 Å². The second-order valence-corrected chi connectivity index (χ2v) is 6.38. The Morgan fingerprint density at radius 2 is 2.19 bits per heavy atom. The number of hydrogen-bond donors (Lipinski definition) is 2. The number of halogens is 1. The lowest BCUT2D eigenvalue weighted by Crippen LogP contribution is -2.37. The number of hydrogen-bond acceptors (Lipinski definition) is 2. The molecule has 3 unspecified atom stereocenters. The highest BCUT2D eigenvalue weighted by Gasteiger charge is 2.29. The summed E-state index contributed by atoms with van der Waals surface area (Å²) in [5.74, 6) is -0.0604. The Bertz CT molecular complexity index is 516. The molecule has 1 aliphatic carbocycles. The summed E-state index contributed by atoms with van der Waals surface area (Å²) < 4.78 is 13.9. The monoisotopic (exact) mass is 293 g/mol. The smallest absolute Gasteiger partial charge is 0.223 e. The van der Waals surface area contributed by atoms with Gasteiger partial charge in [-0.25, -0.2) is 4.39 Å². The van der Waals surface area contributed by atoms with Crippen LogP contribution in [0.25, 0.3) is 0 Å². The molecule has 0 fully saturated rings. The van der Waals surface area contributed by atoms with Crippen LogP contribution in [0, 0.1) is 17.7 Å². The van der Waals surface area contributed by atoms with Gasteiger partial charge in [0.1, 0.15) is 5.82 Å². The van der Waals surface area contributed by atoms with Gasteiger partial charge in [0.25, 0.3) is 0 Å². The summed E-state index contributed by atoms with van der Waals surface area (Å²) in [6.45, 7) is 5.83. The van der Waals surface area contributed by atoms with Gasteiger partial charge in [0.15, 0.2) is 0 Å². The molecular formula is C17H24FNO2. The van der Waals surface area contributed by atoms with Gasteiger partial charge in [0.05, 0.1) is 18.6 Å². The van der Waals surface area contributed by atoms with Crippen molar-refractivity contribution in [1.29, 1.82) is 0 Å². The average Bonchev–Trinajstić information content (AvgIpc) is 2.42. The Balaban J connectivity index is 2.13. The zero-order valence-corrected chi connectivity index (χ0v) is 12.9. The van der Waals surface area contributed by atoms with E-state index in [2.05, 4.69) is 12.2 Å².